The maximum atomic E-state index is 4.71. The largest absolute Gasteiger partial charge is 0.342 e. The molecule has 2 aromatic heterocycles. The molecule has 0 bridgehead atoms. The summed E-state index contributed by atoms with van der Waals surface area (Å²) < 4.78 is 5.95. The Labute approximate surface area is 84.0 Å². The molecule has 0 aliphatic rings. The first-order valence-corrected chi connectivity index (χ1v) is 5.00. The van der Waals surface area contributed by atoms with Crippen LogP contribution in [0.15, 0.2) is 41.2 Å². The van der Waals surface area contributed by atoms with Crippen molar-refractivity contribution in [2.24, 2.45) is 0 Å². The Morgan fingerprint density at radius 3 is 2.93 bits per heavy atom. The third-order valence-electron chi connectivity index (χ3n) is 2.01. The summed E-state index contributed by atoms with van der Waals surface area (Å²) in [5.74, 6) is 0.659. The summed E-state index contributed by atoms with van der Waals surface area (Å²) in [6.07, 6.45) is 1.35. The summed E-state index contributed by atoms with van der Waals surface area (Å²) in [6, 6.07) is 10.3. The average Bonchev–Trinajstić information content (AvgIpc) is 2.86. The highest BCUT2D eigenvalue weighted by molar-refractivity contribution is 7.22. The van der Waals surface area contributed by atoms with Crippen LogP contribution in [0.5, 0.6) is 0 Å². The fourth-order valence-corrected chi connectivity index (χ4v) is 2.37. The predicted octanol–water partition coefficient (Wildman–Crippen LogP) is 2.95. The van der Waals surface area contributed by atoms with Crippen LogP contribution in [0.3, 0.4) is 0 Å². The van der Waals surface area contributed by atoms with Crippen molar-refractivity contribution >= 4 is 21.4 Å². The highest BCUT2D eigenvalue weighted by atomic mass is 32.1. The summed E-state index contributed by atoms with van der Waals surface area (Å²) in [7, 11) is 0. The van der Waals surface area contributed by atoms with Gasteiger partial charge < -0.3 is 4.52 Å². The highest BCUT2D eigenvalue weighted by Gasteiger charge is 2.06. The Balaban J connectivity index is 2.24. The van der Waals surface area contributed by atoms with Crippen LogP contribution >= 0.6 is 11.3 Å². The van der Waals surface area contributed by atoms with E-state index in [0.717, 1.165) is 4.88 Å². The molecule has 3 nitrogen and oxygen atoms in total. The number of nitrogens with zero attached hydrogens (tertiary/aromatic N) is 2. The first-order chi connectivity index (χ1) is 6.93. The van der Waals surface area contributed by atoms with Crippen molar-refractivity contribution in [1.82, 2.24) is 10.1 Å². The minimum absolute atomic E-state index is 0.659. The van der Waals surface area contributed by atoms with E-state index in [2.05, 4.69) is 28.3 Å². The van der Waals surface area contributed by atoms with E-state index in [-0.39, 0.29) is 0 Å². The van der Waals surface area contributed by atoms with E-state index < -0.39 is 0 Å². The Kier molecular flexibility index (Phi) is 1.61. The number of benzene rings is 1. The molecule has 3 rings (SSSR count). The van der Waals surface area contributed by atoms with Crippen molar-refractivity contribution in [2.75, 3.05) is 0 Å². The molecular formula is C10H6N2OS. The minimum atomic E-state index is 0.659. The maximum Gasteiger partial charge on any atom is 0.214 e. The topological polar surface area (TPSA) is 38.9 Å². The number of hydrogen-bond donors (Lipinski definition) is 0. The lowest BCUT2D eigenvalue weighted by Gasteiger charge is -1.82. The van der Waals surface area contributed by atoms with Crippen molar-refractivity contribution in [3.05, 3.63) is 36.7 Å². The van der Waals surface area contributed by atoms with Crippen molar-refractivity contribution < 1.29 is 4.52 Å². The van der Waals surface area contributed by atoms with Crippen molar-refractivity contribution in [1.29, 1.82) is 0 Å². The van der Waals surface area contributed by atoms with E-state index in [1.165, 1.54) is 16.5 Å². The lowest BCUT2D eigenvalue weighted by Crippen LogP contribution is -1.71. The first-order valence-electron chi connectivity index (χ1n) is 4.19. The molecule has 1 aromatic carbocycles. The van der Waals surface area contributed by atoms with Crippen molar-refractivity contribution in [3.63, 3.8) is 0 Å². The van der Waals surface area contributed by atoms with Crippen LogP contribution < -0.4 is 0 Å². The van der Waals surface area contributed by atoms with E-state index in [0.29, 0.717) is 5.82 Å². The van der Waals surface area contributed by atoms with Gasteiger partial charge in [-0.15, -0.1) is 11.3 Å². The van der Waals surface area contributed by atoms with Gasteiger partial charge in [-0.2, -0.15) is 4.98 Å². The third-order valence-corrected chi connectivity index (χ3v) is 3.12. The van der Waals surface area contributed by atoms with Gasteiger partial charge in [-0.25, -0.2) is 0 Å². The van der Waals surface area contributed by atoms with Crippen LogP contribution in [0.25, 0.3) is 20.8 Å². The molecule has 0 aliphatic heterocycles. The molecule has 14 heavy (non-hydrogen) atoms. The standard InChI is InChI=1S/C10H6N2OS/c1-2-4-8-7(3-1)5-9(14-8)10-11-6-13-12-10/h1-6H. The quantitative estimate of drug-likeness (QED) is 0.609. The van der Waals surface area contributed by atoms with Crippen LogP contribution in [-0.2, 0) is 0 Å². The summed E-state index contributed by atoms with van der Waals surface area (Å²) >= 11 is 1.67. The zero-order valence-electron chi connectivity index (χ0n) is 7.18. The number of thiophene rings is 1. The van der Waals surface area contributed by atoms with Crippen LogP contribution in [-0.4, -0.2) is 10.1 Å². The summed E-state index contributed by atoms with van der Waals surface area (Å²) in [6.45, 7) is 0. The highest BCUT2D eigenvalue weighted by Crippen LogP contribution is 2.31. The Bertz CT molecular complexity index is 523. The molecule has 0 radical (unpaired) electrons. The fourth-order valence-electron chi connectivity index (χ4n) is 1.37. The molecule has 0 unspecified atom stereocenters. The van der Waals surface area contributed by atoms with Gasteiger partial charge in [0, 0.05) is 4.70 Å². The van der Waals surface area contributed by atoms with Gasteiger partial charge in [-0.05, 0) is 17.5 Å². The third kappa shape index (κ3) is 1.12. The minimum Gasteiger partial charge on any atom is -0.342 e. The molecule has 3 aromatic rings. The Hall–Kier alpha value is -1.68. The Morgan fingerprint density at radius 2 is 2.14 bits per heavy atom. The average molecular weight is 202 g/mol. The number of hydrogen-bond acceptors (Lipinski definition) is 4. The van der Waals surface area contributed by atoms with E-state index in [1.807, 2.05) is 12.1 Å². The zero-order chi connectivity index (χ0) is 9.38. The second kappa shape index (κ2) is 2.92. The molecule has 0 amide bonds. The molecule has 0 aliphatic carbocycles. The zero-order valence-corrected chi connectivity index (χ0v) is 7.99. The second-order valence-corrected chi connectivity index (χ2v) is 3.99. The molecular weight excluding hydrogens is 196 g/mol. The summed E-state index contributed by atoms with van der Waals surface area (Å²) in [5, 5.41) is 5.03. The van der Waals surface area contributed by atoms with E-state index in [9.17, 15) is 0 Å². The van der Waals surface area contributed by atoms with Crippen molar-refractivity contribution in [2.45, 2.75) is 0 Å². The molecule has 0 N–H and O–H groups in total. The summed E-state index contributed by atoms with van der Waals surface area (Å²) in [4.78, 5) is 5.06. The lowest BCUT2D eigenvalue weighted by atomic mass is 10.2. The SMILES string of the molecule is c1ccc2sc(-c3ncon3)cc2c1. The van der Waals surface area contributed by atoms with Gasteiger partial charge in [0.15, 0.2) is 0 Å². The van der Waals surface area contributed by atoms with Gasteiger partial charge in [0.1, 0.15) is 0 Å². The molecule has 0 spiro atoms. The lowest BCUT2D eigenvalue weighted by molar-refractivity contribution is 0.419. The van der Waals surface area contributed by atoms with Gasteiger partial charge in [-0.1, -0.05) is 23.4 Å². The molecule has 0 saturated heterocycles. The monoisotopic (exact) mass is 202 g/mol. The number of rotatable bonds is 1. The van der Waals surface area contributed by atoms with Gasteiger partial charge in [-0.3, -0.25) is 0 Å². The number of fused-ring (bicyclic) bond motifs is 1. The summed E-state index contributed by atoms with van der Waals surface area (Å²) in [5.41, 5.74) is 0. The second-order valence-electron chi connectivity index (χ2n) is 2.90. The molecule has 0 fully saturated rings. The van der Waals surface area contributed by atoms with E-state index >= 15 is 0 Å². The van der Waals surface area contributed by atoms with Gasteiger partial charge in [0.2, 0.25) is 12.2 Å². The molecule has 68 valence electrons. The van der Waals surface area contributed by atoms with Gasteiger partial charge in [0.05, 0.1) is 4.88 Å². The number of aromatic nitrogens is 2. The van der Waals surface area contributed by atoms with Crippen LogP contribution in [0.1, 0.15) is 0 Å². The molecule has 0 saturated carbocycles. The first kappa shape index (κ1) is 7.70. The smallest absolute Gasteiger partial charge is 0.214 e. The van der Waals surface area contributed by atoms with Crippen LogP contribution in [0, 0.1) is 0 Å². The van der Waals surface area contributed by atoms with Crippen LogP contribution in [0.4, 0.5) is 0 Å². The van der Waals surface area contributed by atoms with E-state index in [1.54, 1.807) is 11.3 Å². The maximum absolute atomic E-state index is 4.71. The van der Waals surface area contributed by atoms with Gasteiger partial charge in [0.25, 0.3) is 0 Å². The van der Waals surface area contributed by atoms with E-state index in [4.69, 9.17) is 4.52 Å². The predicted molar refractivity (Wildman–Crippen MR) is 55.1 cm³/mol. The van der Waals surface area contributed by atoms with Gasteiger partial charge >= 0.3 is 0 Å². The molecule has 4 heteroatoms. The molecule has 0 atom stereocenters. The van der Waals surface area contributed by atoms with Crippen LogP contribution in [0.2, 0.25) is 0 Å². The molecule has 2 heterocycles. The Morgan fingerprint density at radius 1 is 1.21 bits per heavy atom. The fraction of sp³-hybridized carbons (Fsp3) is 0. The van der Waals surface area contributed by atoms with Crippen molar-refractivity contribution in [3.8, 4) is 10.7 Å². The normalized spacial score (nSPS) is 10.9.